The van der Waals surface area contributed by atoms with Crippen LogP contribution in [0.4, 0.5) is 0 Å². The van der Waals surface area contributed by atoms with Crippen molar-refractivity contribution in [3.63, 3.8) is 0 Å². The summed E-state index contributed by atoms with van der Waals surface area (Å²) in [6.45, 7) is 7.01. The van der Waals surface area contributed by atoms with Crippen molar-refractivity contribution < 1.29 is 14.3 Å². The Hall–Kier alpha value is -2.17. The molecule has 3 nitrogen and oxygen atoms in total. The predicted octanol–water partition coefficient (Wildman–Crippen LogP) is 5.12. The number of carbonyl (C=O) groups is 1. The van der Waals surface area contributed by atoms with Crippen molar-refractivity contribution in [3.8, 4) is 5.75 Å². The fourth-order valence-corrected chi connectivity index (χ4v) is 3.90. The topological polar surface area (TPSA) is 35.5 Å². The maximum Gasteiger partial charge on any atom is 0.335 e. The van der Waals surface area contributed by atoms with E-state index in [9.17, 15) is 4.79 Å². The molecule has 3 aromatic rings. The van der Waals surface area contributed by atoms with Crippen LogP contribution in [0.2, 0.25) is 0 Å². The summed E-state index contributed by atoms with van der Waals surface area (Å²) in [5, 5.41) is 2.43. The summed E-state index contributed by atoms with van der Waals surface area (Å²) in [7, 11) is 0. The van der Waals surface area contributed by atoms with Crippen molar-refractivity contribution in [1.82, 2.24) is 0 Å². The van der Waals surface area contributed by atoms with Gasteiger partial charge in [-0.05, 0) is 49.6 Å². The molecule has 1 aromatic heterocycles. The Balaban J connectivity index is 1.86. The minimum absolute atomic E-state index is 0.438. The summed E-state index contributed by atoms with van der Waals surface area (Å²) >= 11 is 1.72. The molecule has 0 aliphatic carbocycles. The third-order valence-electron chi connectivity index (χ3n) is 3.85. The number of benzene rings is 2. The monoisotopic (exact) mass is 340 g/mol. The van der Waals surface area contributed by atoms with Crippen molar-refractivity contribution in [3.05, 3.63) is 54.6 Å². The summed E-state index contributed by atoms with van der Waals surface area (Å²) < 4.78 is 13.0. The second kappa shape index (κ2) is 7.60. The van der Waals surface area contributed by atoms with Crippen LogP contribution in [-0.4, -0.2) is 19.2 Å². The lowest BCUT2D eigenvalue weighted by molar-refractivity contribution is -0.128. The molecule has 0 aliphatic rings. The SMILES string of the molecule is C=CC(=O)Oc1ccc2c(c1)sc1cc(CCCOCC)ccc12. The lowest BCUT2D eigenvalue weighted by Crippen LogP contribution is -2.02. The molecule has 0 atom stereocenters. The standard InChI is InChI=1S/C20H20O3S/c1-3-20(21)23-15-8-10-17-16-9-7-14(6-5-11-22-4-2)12-18(16)24-19(17)13-15/h3,7-10,12-13H,1,4-6,11H2,2H3. The molecule has 0 radical (unpaired) electrons. The van der Waals surface area contributed by atoms with Crippen LogP contribution in [0.3, 0.4) is 0 Å². The van der Waals surface area contributed by atoms with Gasteiger partial charge in [0.25, 0.3) is 0 Å². The molecule has 124 valence electrons. The van der Waals surface area contributed by atoms with Gasteiger partial charge in [-0.25, -0.2) is 4.79 Å². The van der Waals surface area contributed by atoms with Gasteiger partial charge in [-0.3, -0.25) is 0 Å². The first-order valence-corrected chi connectivity index (χ1v) is 8.90. The minimum atomic E-state index is -0.438. The van der Waals surface area contributed by atoms with E-state index in [0.29, 0.717) is 5.75 Å². The highest BCUT2D eigenvalue weighted by atomic mass is 32.1. The minimum Gasteiger partial charge on any atom is -0.423 e. The molecular formula is C20H20O3S. The molecule has 2 aromatic carbocycles. The van der Waals surface area contributed by atoms with Gasteiger partial charge in [-0.2, -0.15) is 0 Å². The highest BCUT2D eigenvalue weighted by molar-refractivity contribution is 7.25. The first-order valence-electron chi connectivity index (χ1n) is 8.08. The van der Waals surface area contributed by atoms with Crippen LogP contribution in [-0.2, 0) is 16.0 Å². The number of thiophene rings is 1. The highest BCUT2D eigenvalue weighted by Gasteiger charge is 2.08. The average Bonchev–Trinajstić information content (AvgIpc) is 2.95. The Labute approximate surface area is 145 Å². The number of ether oxygens (including phenoxy) is 2. The summed E-state index contributed by atoms with van der Waals surface area (Å²) in [6, 6.07) is 12.4. The molecule has 1 heterocycles. The molecule has 0 bridgehead atoms. The van der Waals surface area contributed by atoms with E-state index in [1.165, 1.54) is 27.1 Å². The van der Waals surface area contributed by atoms with E-state index in [1.807, 2.05) is 25.1 Å². The van der Waals surface area contributed by atoms with Gasteiger partial charge in [-0.15, -0.1) is 11.3 Å². The van der Waals surface area contributed by atoms with Crippen LogP contribution >= 0.6 is 11.3 Å². The second-order valence-corrected chi connectivity index (χ2v) is 6.60. The van der Waals surface area contributed by atoms with Gasteiger partial charge >= 0.3 is 5.97 Å². The van der Waals surface area contributed by atoms with Gasteiger partial charge in [0.2, 0.25) is 0 Å². The van der Waals surface area contributed by atoms with E-state index >= 15 is 0 Å². The number of rotatable bonds is 7. The van der Waals surface area contributed by atoms with Crippen molar-refractivity contribution in [1.29, 1.82) is 0 Å². The number of esters is 1. The van der Waals surface area contributed by atoms with Crippen LogP contribution in [0.25, 0.3) is 20.2 Å². The van der Waals surface area contributed by atoms with Crippen LogP contribution in [0.5, 0.6) is 5.75 Å². The van der Waals surface area contributed by atoms with Gasteiger partial charge in [-0.1, -0.05) is 18.7 Å². The zero-order valence-electron chi connectivity index (χ0n) is 13.7. The molecule has 0 N–H and O–H groups in total. The van der Waals surface area contributed by atoms with Crippen LogP contribution in [0, 0.1) is 0 Å². The zero-order chi connectivity index (χ0) is 16.9. The number of carbonyl (C=O) groups excluding carboxylic acids is 1. The van der Waals surface area contributed by atoms with E-state index in [1.54, 1.807) is 11.3 Å². The Bertz CT molecular complexity index is 879. The summed E-state index contributed by atoms with van der Waals surface area (Å²) in [6.07, 6.45) is 3.22. The van der Waals surface area contributed by atoms with Gasteiger partial charge in [0.15, 0.2) is 0 Å². The van der Waals surface area contributed by atoms with E-state index in [0.717, 1.165) is 30.8 Å². The molecule has 0 fully saturated rings. The van der Waals surface area contributed by atoms with E-state index < -0.39 is 5.97 Å². The Kier molecular flexibility index (Phi) is 5.28. The smallest absolute Gasteiger partial charge is 0.335 e. The van der Waals surface area contributed by atoms with Gasteiger partial charge in [0.1, 0.15) is 5.75 Å². The molecular weight excluding hydrogens is 320 g/mol. The third-order valence-corrected chi connectivity index (χ3v) is 4.97. The van der Waals surface area contributed by atoms with Crippen molar-refractivity contribution in [2.24, 2.45) is 0 Å². The third kappa shape index (κ3) is 3.66. The van der Waals surface area contributed by atoms with Gasteiger partial charge in [0, 0.05) is 39.5 Å². The molecule has 0 aliphatic heterocycles. The molecule has 0 amide bonds. The molecule has 0 spiro atoms. The van der Waals surface area contributed by atoms with Crippen molar-refractivity contribution in [2.75, 3.05) is 13.2 Å². The number of hydrogen-bond donors (Lipinski definition) is 0. The normalized spacial score (nSPS) is 11.0. The maximum atomic E-state index is 11.3. The van der Waals surface area contributed by atoms with Gasteiger partial charge in [0.05, 0.1) is 0 Å². The quantitative estimate of drug-likeness (QED) is 0.259. The van der Waals surface area contributed by atoms with Gasteiger partial charge < -0.3 is 9.47 Å². The lowest BCUT2D eigenvalue weighted by Gasteiger charge is -2.02. The Morgan fingerprint density at radius 3 is 2.67 bits per heavy atom. The average molecular weight is 340 g/mol. The van der Waals surface area contributed by atoms with E-state index in [-0.39, 0.29) is 0 Å². The largest absolute Gasteiger partial charge is 0.423 e. The van der Waals surface area contributed by atoms with Crippen molar-refractivity contribution in [2.45, 2.75) is 19.8 Å². The summed E-state index contributed by atoms with van der Waals surface area (Å²) in [5.74, 6) is 0.114. The molecule has 4 heteroatoms. The number of hydrogen-bond acceptors (Lipinski definition) is 4. The van der Waals surface area contributed by atoms with E-state index in [4.69, 9.17) is 9.47 Å². The lowest BCUT2D eigenvalue weighted by atomic mass is 10.1. The summed E-state index contributed by atoms with van der Waals surface area (Å²) in [4.78, 5) is 11.3. The molecule has 3 rings (SSSR count). The van der Waals surface area contributed by atoms with Crippen molar-refractivity contribution >= 4 is 37.5 Å². The second-order valence-electron chi connectivity index (χ2n) is 5.52. The predicted molar refractivity (Wildman–Crippen MR) is 100.0 cm³/mol. The number of aryl methyl sites for hydroxylation is 1. The fourth-order valence-electron chi connectivity index (χ4n) is 2.70. The fraction of sp³-hybridized carbons (Fsp3) is 0.250. The zero-order valence-corrected chi connectivity index (χ0v) is 14.5. The molecule has 24 heavy (non-hydrogen) atoms. The van der Waals surface area contributed by atoms with Crippen LogP contribution < -0.4 is 4.74 Å². The molecule has 0 unspecified atom stereocenters. The Morgan fingerprint density at radius 1 is 1.17 bits per heavy atom. The first-order chi connectivity index (χ1) is 11.7. The Morgan fingerprint density at radius 2 is 1.92 bits per heavy atom. The highest BCUT2D eigenvalue weighted by Crippen LogP contribution is 2.36. The maximum absolute atomic E-state index is 11.3. The number of fused-ring (bicyclic) bond motifs is 3. The van der Waals surface area contributed by atoms with Crippen LogP contribution in [0.1, 0.15) is 18.9 Å². The van der Waals surface area contributed by atoms with E-state index in [2.05, 4.69) is 24.8 Å². The van der Waals surface area contributed by atoms with Crippen LogP contribution in [0.15, 0.2) is 49.1 Å². The molecule has 0 saturated heterocycles. The first kappa shape index (κ1) is 16.7. The summed E-state index contributed by atoms with van der Waals surface area (Å²) in [5.41, 5.74) is 1.33. The molecule has 0 saturated carbocycles.